The van der Waals surface area contributed by atoms with Gasteiger partial charge in [-0.3, -0.25) is 9.59 Å². The lowest BCUT2D eigenvalue weighted by Crippen LogP contribution is -2.28. The van der Waals surface area contributed by atoms with Gasteiger partial charge in [-0.25, -0.2) is 0 Å². The fraction of sp³-hybridized carbons (Fsp3) is 0.945. The maximum absolute atomic E-state index is 12.3. The average molecular weight is 1100 g/mol. The Balaban J connectivity index is 3.33. The van der Waals surface area contributed by atoms with Gasteiger partial charge in [-0.2, -0.15) is 0 Å². The Morgan fingerprint density at radius 2 is 0.474 bits per heavy atom. The van der Waals surface area contributed by atoms with E-state index in [9.17, 15) is 14.7 Å². The number of aliphatic hydroxyl groups excluding tert-OH is 1. The van der Waals surface area contributed by atoms with Gasteiger partial charge in [0.15, 0.2) is 6.10 Å². The molecule has 0 saturated carbocycles. The van der Waals surface area contributed by atoms with Crippen LogP contribution in [0.4, 0.5) is 0 Å². The van der Waals surface area contributed by atoms with E-state index in [-0.39, 0.29) is 25.2 Å². The first-order valence-electron chi connectivity index (χ1n) is 36.2. The SMILES string of the molecule is CCCCCCCCCC/C=C\CCCCCCCCCCCCCC(=O)OC(CO)COC(=O)CCCCCCCCCCCCCCCCCCCCCCCCCCCCCCCCCCCCCCCCCCC. The number of hydrogen-bond donors (Lipinski definition) is 1. The second-order valence-electron chi connectivity index (χ2n) is 25.0. The van der Waals surface area contributed by atoms with Crippen molar-refractivity contribution in [3.63, 3.8) is 0 Å². The van der Waals surface area contributed by atoms with Crippen LogP contribution in [0.5, 0.6) is 0 Å². The summed E-state index contributed by atoms with van der Waals surface area (Å²) < 4.78 is 10.8. The first-order valence-corrected chi connectivity index (χ1v) is 36.2. The molecule has 0 heterocycles. The molecule has 0 aliphatic rings. The summed E-state index contributed by atoms with van der Waals surface area (Å²) in [5.41, 5.74) is 0. The molecule has 0 aliphatic heterocycles. The van der Waals surface area contributed by atoms with Crippen molar-refractivity contribution >= 4 is 11.9 Å². The molecular formula is C73H142O5. The molecule has 464 valence electrons. The Bertz CT molecular complexity index is 1150. The van der Waals surface area contributed by atoms with Crippen LogP contribution in [0.25, 0.3) is 0 Å². The predicted octanol–water partition coefficient (Wildman–Crippen LogP) is 25.0. The Kier molecular flexibility index (Phi) is 68.7. The normalized spacial score (nSPS) is 12.1. The molecule has 5 heteroatoms. The molecule has 5 nitrogen and oxygen atoms in total. The van der Waals surface area contributed by atoms with E-state index >= 15 is 0 Å². The van der Waals surface area contributed by atoms with Crippen LogP contribution >= 0.6 is 0 Å². The highest BCUT2D eigenvalue weighted by molar-refractivity contribution is 5.70. The van der Waals surface area contributed by atoms with Crippen molar-refractivity contribution in [1.29, 1.82) is 0 Å². The van der Waals surface area contributed by atoms with Crippen molar-refractivity contribution < 1.29 is 24.2 Å². The molecule has 1 N–H and O–H groups in total. The summed E-state index contributed by atoms with van der Waals surface area (Å²) in [6.07, 6.45) is 89.9. The molecule has 1 unspecified atom stereocenters. The Labute approximate surface area is 490 Å². The first-order chi connectivity index (χ1) is 38.6. The third kappa shape index (κ3) is 67.1. The zero-order valence-corrected chi connectivity index (χ0v) is 53.5. The highest BCUT2D eigenvalue weighted by Crippen LogP contribution is 2.20. The minimum Gasteiger partial charge on any atom is -0.462 e. The van der Waals surface area contributed by atoms with Gasteiger partial charge in [-0.1, -0.05) is 386 Å². The summed E-state index contributed by atoms with van der Waals surface area (Å²) in [5.74, 6) is -0.565. The Morgan fingerprint density at radius 3 is 0.692 bits per heavy atom. The molecule has 0 aromatic heterocycles. The smallest absolute Gasteiger partial charge is 0.306 e. The maximum atomic E-state index is 12.3. The molecule has 0 aromatic rings. The molecule has 0 radical (unpaired) electrons. The van der Waals surface area contributed by atoms with Crippen LogP contribution in [-0.2, 0) is 19.1 Å². The summed E-state index contributed by atoms with van der Waals surface area (Å²) in [6, 6.07) is 0. The molecule has 0 fully saturated rings. The van der Waals surface area contributed by atoms with Crippen molar-refractivity contribution in [2.45, 2.75) is 431 Å². The second kappa shape index (κ2) is 69.9. The summed E-state index contributed by atoms with van der Waals surface area (Å²) in [5, 5.41) is 9.69. The van der Waals surface area contributed by atoms with Crippen molar-refractivity contribution in [3.8, 4) is 0 Å². The number of aliphatic hydroxyl groups is 1. The van der Waals surface area contributed by atoms with Crippen molar-refractivity contribution in [3.05, 3.63) is 12.2 Å². The molecule has 78 heavy (non-hydrogen) atoms. The monoisotopic (exact) mass is 1100 g/mol. The summed E-state index contributed by atoms with van der Waals surface area (Å²) in [4.78, 5) is 24.6. The van der Waals surface area contributed by atoms with Crippen molar-refractivity contribution in [1.82, 2.24) is 0 Å². The van der Waals surface area contributed by atoms with Crippen LogP contribution in [0.15, 0.2) is 12.2 Å². The number of rotatable bonds is 69. The maximum Gasteiger partial charge on any atom is 0.306 e. The molecule has 0 spiro atoms. The molecule has 0 rings (SSSR count). The van der Waals surface area contributed by atoms with Crippen molar-refractivity contribution in [2.75, 3.05) is 13.2 Å². The number of hydrogen-bond acceptors (Lipinski definition) is 5. The van der Waals surface area contributed by atoms with Crippen molar-refractivity contribution in [2.24, 2.45) is 0 Å². The topological polar surface area (TPSA) is 72.8 Å². The van der Waals surface area contributed by atoms with E-state index in [2.05, 4.69) is 26.0 Å². The van der Waals surface area contributed by atoms with E-state index < -0.39 is 6.10 Å². The van der Waals surface area contributed by atoms with E-state index in [1.165, 1.54) is 366 Å². The fourth-order valence-corrected chi connectivity index (χ4v) is 11.6. The Hall–Kier alpha value is -1.36. The lowest BCUT2D eigenvalue weighted by atomic mass is 10.0. The van der Waals surface area contributed by atoms with E-state index in [1.807, 2.05) is 0 Å². The first kappa shape index (κ1) is 76.6. The van der Waals surface area contributed by atoms with Gasteiger partial charge in [0.25, 0.3) is 0 Å². The predicted molar refractivity (Wildman–Crippen MR) is 344 cm³/mol. The molecule has 0 amide bonds. The van der Waals surface area contributed by atoms with Gasteiger partial charge in [-0.05, 0) is 38.5 Å². The zero-order chi connectivity index (χ0) is 56.2. The van der Waals surface area contributed by atoms with E-state index in [1.54, 1.807) is 0 Å². The third-order valence-electron chi connectivity index (χ3n) is 17.1. The van der Waals surface area contributed by atoms with Crippen LogP contribution in [0.2, 0.25) is 0 Å². The molecule has 1 atom stereocenters. The number of allylic oxidation sites excluding steroid dienone is 2. The number of ether oxygens (including phenoxy) is 2. The lowest BCUT2D eigenvalue weighted by Gasteiger charge is -2.15. The van der Waals surface area contributed by atoms with Gasteiger partial charge in [0, 0.05) is 12.8 Å². The van der Waals surface area contributed by atoms with Crippen LogP contribution in [0, 0.1) is 0 Å². The van der Waals surface area contributed by atoms with Crippen LogP contribution in [0.3, 0.4) is 0 Å². The van der Waals surface area contributed by atoms with Crippen LogP contribution in [0.1, 0.15) is 425 Å². The second-order valence-corrected chi connectivity index (χ2v) is 25.0. The van der Waals surface area contributed by atoms with Crippen LogP contribution in [-0.4, -0.2) is 36.4 Å². The Morgan fingerprint density at radius 1 is 0.282 bits per heavy atom. The van der Waals surface area contributed by atoms with Gasteiger partial charge >= 0.3 is 11.9 Å². The number of unbranched alkanes of at least 4 members (excludes halogenated alkanes) is 59. The number of carbonyl (C=O) groups excluding carboxylic acids is 2. The van der Waals surface area contributed by atoms with E-state index in [0.29, 0.717) is 12.8 Å². The lowest BCUT2D eigenvalue weighted by molar-refractivity contribution is -0.161. The molecule has 0 aliphatic carbocycles. The standard InChI is InChI=1S/C73H142O5/c1-3-5-7-9-11-13-15-17-19-21-23-25-27-28-29-30-31-32-33-34-35-36-37-38-39-40-41-42-43-44-46-47-49-51-53-55-57-59-61-63-65-67-72(75)77-70-71(69-74)78-73(76)68-66-64-62-60-58-56-54-52-50-48-45-26-24-22-20-18-16-14-12-10-8-6-4-2/h22,24,71,74H,3-21,23,25-70H2,1-2H3/b24-22-. The average Bonchev–Trinajstić information content (AvgIpc) is 3.44. The summed E-state index contributed by atoms with van der Waals surface area (Å²) >= 11 is 0. The minimum atomic E-state index is -0.769. The molecule has 0 saturated heterocycles. The summed E-state index contributed by atoms with van der Waals surface area (Å²) in [6.45, 7) is 4.21. The minimum absolute atomic E-state index is 0.0582. The number of esters is 2. The van der Waals surface area contributed by atoms with Gasteiger partial charge in [-0.15, -0.1) is 0 Å². The summed E-state index contributed by atoms with van der Waals surface area (Å²) in [7, 11) is 0. The van der Waals surface area contributed by atoms with E-state index in [4.69, 9.17) is 9.47 Å². The number of carbonyl (C=O) groups is 2. The fourth-order valence-electron chi connectivity index (χ4n) is 11.6. The third-order valence-corrected chi connectivity index (χ3v) is 17.1. The molecular weight excluding hydrogens is 957 g/mol. The quantitative estimate of drug-likeness (QED) is 0.0373. The van der Waals surface area contributed by atoms with Gasteiger partial charge in [0.1, 0.15) is 6.61 Å². The largest absolute Gasteiger partial charge is 0.462 e. The van der Waals surface area contributed by atoms with E-state index in [0.717, 1.165) is 32.1 Å². The highest BCUT2D eigenvalue weighted by atomic mass is 16.6. The van der Waals surface area contributed by atoms with Gasteiger partial charge in [0.05, 0.1) is 6.61 Å². The van der Waals surface area contributed by atoms with Gasteiger partial charge < -0.3 is 14.6 Å². The van der Waals surface area contributed by atoms with Crippen LogP contribution < -0.4 is 0 Å². The molecule has 0 bridgehead atoms. The molecule has 0 aromatic carbocycles. The van der Waals surface area contributed by atoms with Gasteiger partial charge in [0.2, 0.25) is 0 Å². The zero-order valence-electron chi connectivity index (χ0n) is 53.5. The highest BCUT2D eigenvalue weighted by Gasteiger charge is 2.16.